The average molecular weight is 225 g/mol. The highest BCUT2D eigenvalue weighted by Gasteiger charge is 2.38. The number of amides is 1. The molecule has 1 heterocycles. The van der Waals surface area contributed by atoms with Crippen LogP contribution < -0.4 is 0 Å². The molecule has 0 spiro atoms. The predicted molar refractivity (Wildman–Crippen MR) is 62.9 cm³/mol. The first-order chi connectivity index (χ1) is 7.63. The van der Waals surface area contributed by atoms with Crippen molar-refractivity contribution in [2.45, 2.75) is 45.6 Å². The van der Waals surface area contributed by atoms with E-state index in [1.165, 1.54) is 12.8 Å². The molecule has 16 heavy (non-hydrogen) atoms. The maximum absolute atomic E-state index is 11.9. The molecule has 4 atom stereocenters. The minimum Gasteiger partial charge on any atom is -0.396 e. The molecule has 4 unspecified atom stereocenters. The van der Waals surface area contributed by atoms with Gasteiger partial charge in [-0.1, -0.05) is 26.7 Å². The summed E-state index contributed by atoms with van der Waals surface area (Å²) >= 11 is 0. The summed E-state index contributed by atoms with van der Waals surface area (Å²) in [4.78, 5) is 14.0. The first-order valence-corrected chi connectivity index (χ1v) is 6.53. The molecule has 2 rings (SSSR count). The van der Waals surface area contributed by atoms with Crippen LogP contribution in [0.4, 0.5) is 0 Å². The molecule has 0 aromatic heterocycles. The number of aliphatic hydroxyl groups is 1. The van der Waals surface area contributed by atoms with Gasteiger partial charge in [-0.05, 0) is 18.3 Å². The van der Waals surface area contributed by atoms with Crippen molar-refractivity contribution in [3.8, 4) is 0 Å². The van der Waals surface area contributed by atoms with Gasteiger partial charge in [0.05, 0.1) is 0 Å². The first-order valence-electron chi connectivity index (χ1n) is 6.53. The lowest BCUT2D eigenvalue weighted by molar-refractivity contribution is -0.131. The van der Waals surface area contributed by atoms with Crippen molar-refractivity contribution in [3.05, 3.63) is 0 Å². The summed E-state index contributed by atoms with van der Waals surface area (Å²) in [5.41, 5.74) is 0. The van der Waals surface area contributed by atoms with Gasteiger partial charge in [0.15, 0.2) is 0 Å². The number of carbonyl (C=O) groups is 1. The van der Waals surface area contributed by atoms with Gasteiger partial charge in [-0.15, -0.1) is 0 Å². The monoisotopic (exact) mass is 225 g/mol. The SMILES string of the molecule is CC1CCCC(N2CC(CO)CC2=O)C1C. The van der Waals surface area contributed by atoms with Crippen LogP contribution in [0.2, 0.25) is 0 Å². The van der Waals surface area contributed by atoms with E-state index in [1.54, 1.807) is 0 Å². The molecule has 1 amide bonds. The van der Waals surface area contributed by atoms with Gasteiger partial charge in [-0.2, -0.15) is 0 Å². The Morgan fingerprint density at radius 3 is 2.75 bits per heavy atom. The fourth-order valence-electron chi connectivity index (χ4n) is 3.25. The summed E-state index contributed by atoms with van der Waals surface area (Å²) in [5.74, 6) is 1.76. The average Bonchev–Trinajstić information content (AvgIpc) is 2.64. The van der Waals surface area contributed by atoms with Gasteiger partial charge in [0.1, 0.15) is 0 Å². The van der Waals surface area contributed by atoms with Gasteiger partial charge in [0.25, 0.3) is 0 Å². The van der Waals surface area contributed by atoms with Gasteiger partial charge in [-0.3, -0.25) is 4.79 Å². The van der Waals surface area contributed by atoms with E-state index in [9.17, 15) is 4.79 Å². The topological polar surface area (TPSA) is 40.5 Å². The molecule has 1 aliphatic heterocycles. The minimum absolute atomic E-state index is 0.152. The van der Waals surface area contributed by atoms with Crippen molar-refractivity contribution < 1.29 is 9.90 Å². The molecule has 92 valence electrons. The summed E-state index contributed by atoms with van der Waals surface area (Å²) in [6, 6.07) is 0.424. The lowest BCUT2D eigenvalue weighted by Gasteiger charge is -2.40. The Morgan fingerprint density at radius 2 is 2.12 bits per heavy atom. The summed E-state index contributed by atoms with van der Waals surface area (Å²) in [7, 11) is 0. The summed E-state index contributed by atoms with van der Waals surface area (Å²) in [6.45, 7) is 5.49. The van der Waals surface area contributed by atoms with Crippen molar-refractivity contribution >= 4 is 5.91 Å². The molecule has 2 fully saturated rings. The van der Waals surface area contributed by atoms with E-state index >= 15 is 0 Å². The van der Waals surface area contributed by atoms with Crippen molar-refractivity contribution in [2.24, 2.45) is 17.8 Å². The molecule has 0 bridgehead atoms. The quantitative estimate of drug-likeness (QED) is 0.776. The maximum atomic E-state index is 11.9. The highest BCUT2D eigenvalue weighted by molar-refractivity contribution is 5.79. The van der Waals surface area contributed by atoms with Crippen molar-refractivity contribution in [1.29, 1.82) is 0 Å². The van der Waals surface area contributed by atoms with Crippen LogP contribution >= 0.6 is 0 Å². The predicted octanol–water partition coefficient (Wildman–Crippen LogP) is 1.65. The molecule has 0 radical (unpaired) electrons. The van der Waals surface area contributed by atoms with E-state index in [4.69, 9.17) is 5.11 Å². The Hall–Kier alpha value is -0.570. The van der Waals surface area contributed by atoms with Crippen LogP contribution in [0.15, 0.2) is 0 Å². The number of likely N-dealkylation sites (tertiary alicyclic amines) is 1. The van der Waals surface area contributed by atoms with Crippen LogP contribution in [0.1, 0.15) is 39.5 Å². The second kappa shape index (κ2) is 4.74. The van der Waals surface area contributed by atoms with E-state index in [0.29, 0.717) is 18.4 Å². The van der Waals surface area contributed by atoms with Crippen LogP contribution in [-0.4, -0.2) is 35.1 Å². The maximum Gasteiger partial charge on any atom is 0.223 e. The minimum atomic E-state index is 0.152. The Bertz CT molecular complexity index is 267. The smallest absolute Gasteiger partial charge is 0.223 e. The molecule has 1 aliphatic carbocycles. The number of carbonyl (C=O) groups excluding carboxylic acids is 1. The van der Waals surface area contributed by atoms with Crippen LogP contribution in [0, 0.1) is 17.8 Å². The standard InChI is InChI=1S/C13H23NO2/c1-9-4-3-5-12(10(9)2)14-7-11(8-15)6-13(14)16/h9-12,15H,3-8H2,1-2H3. The Balaban J connectivity index is 2.04. The van der Waals surface area contributed by atoms with Gasteiger partial charge < -0.3 is 10.0 Å². The molecular formula is C13H23NO2. The zero-order valence-corrected chi connectivity index (χ0v) is 10.4. The van der Waals surface area contributed by atoms with E-state index < -0.39 is 0 Å². The highest BCUT2D eigenvalue weighted by atomic mass is 16.3. The fraction of sp³-hybridized carbons (Fsp3) is 0.923. The summed E-state index contributed by atoms with van der Waals surface area (Å²) < 4.78 is 0. The number of hydrogen-bond acceptors (Lipinski definition) is 2. The molecular weight excluding hydrogens is 202 g/mol. The number of nitrogens with zero attached hydrogens (tertiary/aromatic N) is 1. The zero-order valence-electron chi connectivity index (χ0n) is 10.4. The van der Waals surface area contributed by atoms with E-state index in [0.717, 1.165) is 18.9 Å². The molecule has 1 saturated heterocycles. The number of rotatable bonds is 2. The summed E-state index contributed by atoms with van der Waals surface area (Å²) in [5, 5.41) is 9.14. The molecule has 2 aliphatic rings. The van der Waals surface area contributed by atoms with Gasteiger partial charge in [0, 0.05) is 31.5 Å². The molecule has 1 saturated carbocycles. The van der Waals surface area contributed by atoms with Crippen LogP contribution in [-0.2, 0) is 4.79 Å². The molecule has 1 N–H and O–H groups in total. The van der Waals surface area contributed by atoms with Gasteiger partial charge in [-0.25, -0.2) is 0 Å². The summed E-state index contributed by atoms with van der Waals surface area (Å²) in [6.07, 6.45) is 4.23. The molecule has 3 heteroatoms. The first kappa shape index (κ1) is 11.9. The third kappa shape index (κ3) is 2.10. The van der Waals surface area contributed by atoms with Crippen molar-refractivity contribution in [1.82, 2.24) is 4.90 Å². The normalized spacial score (nSPS) is 40.4. The van der Waals surface area contributed by atoms with Crippen LogP contribution in [0.25, 0.3) is 0 Å². The van der Waals surface area contributed by atoms with Crippen molar-refractivity contribution in [3.63, 3.8) is 0 Å². The molecule has 0 aromatic rings. The Labute approximate surface area is 97.8 Å². The van der Waals surface area contributed by atoms with Crippen LogP contribution in [0.3, 0.4) is 0 Å². The Morgan fingerprint density at radius 1 is 1.38 bits per heavy atom. The Kier molecular flexibility index (Phi) is 3.53. The lowest BCUT2D eigenvalue weighted by Crippen LogP contribution is -2.45. The number of hydrogen-bond donors (Lipinski definition) is 1. The van der Waals surface area contributed by atoms with E-state index in [-0.39, 0.29) is 18.4 Å². The number of aliphatic hydroxyl groups excluding tert-OH is 1. The third-order valence-electron chi connectivity index (χ3n) is 4.56. The zero-order chi connectivity index (χ0) is 11.7. The van der Waals surface area contributed by atoms with E-state index in [1.807, 2.05) is 4.90 Å². The van der Waals surface area contributed by atoms with E-state index in [2.05, 4.69) is 13.8 Å². The van der Waals surface area contributed by atoms with Gasteiger partial charge in [0.2, 0.25) is 5.91 Å². The molecule has 3 nitrogen and oxygen atoms in total. The second-order valence-electron chi connectivity index (χ2n) is 5.63. The van der Waals surface area contributed by atoms with Gasteiger partial charge >= 0.3 is 0 Å². The largest absolute Gasteiger partial charge is 0.396 e. The van der Waals surface area contributed by atoms with Crippen molar-refractivity contribution in [2.75, 3.05) is 13.2 Å². The highest BCUT2D eigenvalue weighted by Crippen LogP contribution is 2.35. The lowest BCUT2D eigenvalue weighted by atomic mass is 9.77. The second-order valence-corrected chi connectivity index (χ2v) is 5.63. The third-order valence-corrected chi connectivity index (χ3v) is 4.56. The molecule has 0 aromatic carbocycles. The fourth-order valence-corrected chi connectivity index (χ4v) is 3.25. The van der Waals surface area contributed by atoms with Crippen LogP contribution in [0.5, 0.6) is 0 Å².